The molecule has 1 aliphatic heterocycles. The molecule has 0 bridgehead atoms. The fourth-order valence-electron chi connectivity index (χ4n) is 2.01. The van der Waals surface area contributed by atoms with Crippen molar-refractivity contribution in [1.82, 2.24) is 4.90 Å². The predicted molar refractivity (Wildman–Crippen MR) is 60.7 cm³/mol. The second-order valence-corrected chi connectivity index (χ2v) is 4.38. The highest BCUT2D eigenvalue weighted by atomic mass is 19.1. The Bertz CT molecular complexity index is 351. The molecule has 15 heavy (non-hydrogen) atoms. The highest BCUT2D eigenvalue weighted by Crippen LogP contribution is 2.19. The van der Waals surface area contributed by atoms with E-state index in [2.05, 4.69) is 17.3 Å². The average molecular weight is 208 g/mol. The summed E-state index contributed by atoms with van der Waals surface area (Å²) in [5.74, 6) is -0.149. The number of nitrogens with one attached hydrogen (secondary N) is 1. The highest BCUT2D eigenvalue weighted by Gasteiger charge is 2.19. The van der Waals surface area contributed by atoms with E-state index in [-0.39, 0.29) is 5.82 Å². The van der Waals surface area contributed by atoms with E-state index >= 15 is 0 Å². The van der Waals surface area contributed by atoms with Gasteiger partial charge in [0, 0.05) is 12.6 Å². The molecule has 0 aromatic heterocycles. The third-order valence-corrected chi connectivity index (χ3v) is 2.88. The predicted octanol–water partition coefficient (Wildman–Crippen LogP) is 2.25. The van der Waals surface area contributed by atoms with Gasteiger partial charge in [-0.2, -0.15) is 0 Å². The quantitative estimate of drug-likeness (QED) is 0.802. The zero-order chi connectivity index (χ0) is 10.8. The Morgan fingerprint density at radius 3 is 2.87 bits per heavy atom. The Balaban J connectivity index is 2.04. The molecule has 0 aliphatic carbocycles. The van der Waals surface area contributed by atoms with Gasteiger partial charge in [-0.25, -0.2) is 4.39 Å². The molecular formula is C12H17FN2. The molecule has 2 nitrogen and oxygen atoms in total. The average Bonchev–Trinajstić information content (AvgIpc) is 2.56. The van der Waals surface area contributed by atoms with Crippen molar-refractivity contribution in [3.05, 3.63) is 29.6 Å². The molecule has 1 saturated heterocycles. The van der Waals surface area contributed by atoms with Crippen LogP contribution < -0.4 is 5.32 Å². The van der Waals surface area contributed by atoms with E-state index in [0.29, 0.717) is 11.7 Å². The second-order valence-electron chi connectivity index (χ2n) is 4.38. The summed E-state index contributed by atoms with van der Waals surface area (Å²) in [6, 6.07) is 5.71. The fraction of sp³-hybridized carbons (Fsp3) is 0.500. The van der Waals surface area contributed by atoms with Gasteiger partial charge in [0.2, 0.25) is 0 Å². The maximum Gasteiger partial charge on any atom is 0.146 e. The van der Waals surface area contributed by atoms with Crippen LogP contribution in [0.5, 0.6) is 0 Å². The van der Waals surface area contributed by atoms with Crippen molar-refractivity contribution in [1.29, 1.82) is 0 Å². The smallest absolute Gasteiger partial charge is 0.146 e. The van der Waals surface area contributed by atoms with Gasteiger partial charge in [0.05, 0.1) is 5.69 Å². The van der Waals surface area contributed by atoms with E-state index in [1.807, 2.05) is 19.1 Å². The van der Waals surface area contributed by atoms with Crippen LogP contribution in [0.1, 0.15) is 12.0 Å². The third kappa shape index (κ3) is 2.48. The number of likely N-dealkylation sites (N-methyl/N-ethyl adjacent to an activating group) is 1. The molecule has 82 valence electrons. The molecule has 1 aromatic carbocycles. The Kier molecular flexibility index (Phi) is 2.91. The van der Waals surface area contributed by atoms with Crippen LogP contribution in [0.3, 0.4) is 0 Å². The van der Waals surface area contributed by atoms with Gasteiger partial charge in [-0.3, -0.25) is 0 Å². The van der Waals surface area contributed by atoms with Crippen LogP contribution >= 0.6 is 0 Å². The molecule has 1 atom stereocenters. The summed E-state index contributed by atoms with van der Waals surface area (Å²) in [7, 11) is 2.09. The summed E-state index contributed by atoms with van der Waals surface area (Å²) in [6.45, 7) is 3.98. The number of anilines is 1. The number of rotatable bonds is 2. The minimum absolute atomic E-state index is 0.149. The van der Waals surface area contributed by atoms with Gasteiger partial charge in [-0.05, 0) is 44.6 Å². The van der Waals surface area contributed by atoms with Crippen LogP contribution in [0.15, 0.2) is 18.2 Å². The third-order valence-electron chi connectivity index (χ3n) is 2.88. The van der Waals surface area contributed by atoms with Crippen LogP contribution in [0.4, 0.5) is 10.1 Å². The lowest BCUT2D eigenvalue weighted by atomic mass is 10.2. The normalized spacial score (nSPS) is 21.9. The largest absolute Gasteiger partial charge is 0.379 e. The van der Waals surface area contributed by atoms with Gasteiger partial charge in [-0.15, -0.1) is 0 Å². The molecule has 1 N–H and O–H groups in total. The van der Waals surface area contributed by atoms with Gasteiger partial charge in [-0.1, -0.05) is 6.07 Å². The van der Waals surface area contributed by atoms with Crippen molar-refractivity contribution in [3.63, 3.8) is 0 Å². The number of benzene rings is 1. The van der Waals surface area contributed by atoms with E-state index < -0.39 is 0 Å². The zero-order valence-corrected chi connectivity index (χ0v) is 9.26. The standard InChI is InChI=1S/C12H17FN2/c1-9-3-4-12(11(13)7-9)14-10-5-6-15(2)8-10/h3-4,7,10,14H,5-6,8H2,1-2H3. The van der Waals surface area contributed by atoms with E-state index in [1.165, 1.54) is 0 Å². The van der Waals surface area contributed by atoms with E-state index in [4.69, 9.17) is 0 Å². The molecule has 0 spiro atoms. The van der Waals surface area contributed by atoms with Crippen molar-refractivity contribution < 1.29 is 4.39 Å². The lowest BCUT2D eigenvalue weighted by Crippen LogP contribution is -2.23. The monoisotopic (exact) mass is 208 g/mol. The Morgan fingerprint density at radius 1 is 1.47 bits per heavy atom. The first-order valence-corrected chi connectivity index (χ1v) is 5.36. The maximum absolute atomic E-state index is 13.5. The number of aryl methyl sites for hydroxylation is 1. The molecular weight excluding hydrogens is 191 g/mol. The number of likely N-dealkylation sites (tertiary alicyclic amines) is 1. The number of hydrogen-bond acceptors (Lipinski definition) is 2. The van der Waals surface area contributed by atoms with Crippen molar-refractivity contribution in [3.8, 4) is 0 Å². The number of halogens is 1. The van der Waals surface area contributed by atoms with Crippen LogP contribution in [0.2, 0.25) is 0 Å². The SMILES string of the molecule is Cc1ccc(NC2CCN(C)C2)c(F)c1. The summed E-state index contributed by atoms with van der Waals surface area (Å²) in [4.78, 5) is 2.25. The van der Waals surface area contributed by atoms with E-state index in [0.717, 1.165) is 25.1 Å². The summed E-state index contributed by atoms with van der Waals surface area (Å²) in [5, 5.41) is 3.25. The first-order valence-electron chi connectivity index (χ1n) is 5.36. The van der Waals surface area contributed by atoms with Gasteiger partial charge in [0.25, 0.3) is 0 Å². The molecule has 0 radical (unpaired) electrons. The maximum atomic E-state index is 13.5. The van der Waals surface area contributed by atoms with Gasteiger partial charge in [0.15, 0.2) is 0 Å². The van der Waals surface area contributed by atoms with Gasteiger partial charge in [0.1, 0.15) is 5.82 Å². The Morgan fingerprint density at radius 2 is 2.27 bits per heavy atom. The Hall–Kier alpha value is -1.09. The first-order chi connectivity index (χ1) is 7.15. The van der Waals surface area contributed by atoms with Crippen molar-refractivity contribution in [2.75, 3.05) is 25.5 Å². The minimum atomic E-state index is -0.149. The topological polar surface area (TPSA) is 15.3 Å². The van der Waals surface area contributed by atoms with E-state index in [9.17, 15) is 4.39 Å². The zero-order valence-electron chi connectivity index (χ0n) is 9.26. The van der Waals surface area contributed by atoms with Crippen LogP contribution in [-0.2, 0) is 0 Å². The first kappa shape index (κ1) is 10.4. The van der Waals surface area contributed by atoms with Crippen LogP contribution in [-0.4, -0.2) is 31.1 Å². The Labute approximate surface area is 90.1 Å². The van der Waals surface area contributed by atoms with Gasteiger partial charge < -0.3 is 10.2 Å². The van der Waals surface area contributed by atoms with Gasteiger partial charge >= 0.3 is 0 Å². The lowest BCUT2D eigenvalue weighted by Gasteiger charge is -2.15. The fourth-order valence-corrected chi connectivity index (χ4v) is 2.01. The van der Waals surface area contributed by atoms with Crippen LogP contribution in [0.25, 0.3) is 0 Å². The van der Waals surface area contributed by atoms with Crippen molar-refractivity contribution >= 4 is 5.69 Å². The summed E-state index contributed by atoms with van der Waals surface area (Å²) in [5.41, 5.74) is 1.59. The molecule has 1 unspecified atom stereocenters. The molecule has 2 rings (SSSR count). The molecule has 0 amide bonds. The molecule has 3 heteroatoms. The van der Waals surface area contributed by atoms with E-state index in [1.54, 1.807) is 6.07 Å². The molecule has 1 aliphatic rings. The minimum Gasteiger partial charge on any atom is -0.379 e. The number of nitrogens with zero attached hydrogens (tertiary/aromatic N) is 1. The second kappa shape index (κ2) is 4.19. The lowest BCUT2D eigenvalue weighted by molar-refractivity contribution is 0.414. The summed E-state index contributed by atoms with van der Waals surface area (Å²) in [6.07, 6.45) is 1.09. The summed E-state index contributed by atoms with van der Waals surface area (Å²) >= 11 is 0. The molecule has 1 heterocycles. The summed E-state index contributed by atoms with van der Waals surface area (Å²) < 4.78 is 13.5. The van der Waals surface area contributed by atoms with Crippen LogP contribution in [0, 0.1) is 12.7 Å². The van der Waals surface area contributed by atoms with Crippen molar-refractivity contribution in [2.45, 2.75) is 19.4 Å². The number of hydrogen-bond donors (Lipinski definition) is 1. The van der Waals surface area contributed by atoms with Crippen molar-refractivity contribution in [2.24, 2.45) is 0 Å². The molecule has 1 fully saturated rings. The molecule has 1 aromatic rings. The highest BCUT2D eigenvalue weighted by molar-refractivity contribution is 5.47. The molecule has 0 saturated carbocycles.